The number of carbonyl (C=O) groups is 2. The van der Waals surface area contributed by atoms with E-state index in [9.17, 15) is 35.5 Å². The van der Waals surface area contributed by atoms with E-state index in [-0.39, 0.29) is 17.8 Å². The van der Waals surface area contributed by atoms with Gasteiger partial charge < -0.3 is 30.1 Å². The molecule has 1 aliphatic heterocycles. The number of carboxylic acid groups (broad SMARTS) is 1. The molecule has 0 radical (unpaired) electrons. The standard InChI is InChI=1S/C25H28F5N3O3.C2HF3O2/c1-33-12-11-24(15-7-8-18(35-2)22(36-3)21(15)27)10-9-14(13-19(24)33)31-23(34)32-17-6-4-5-16(20(17)26)25(28,29)30;3-2(4,5)1(6)7/h4-8,14,19H,9-13H2,1-3H3,(H2,31,32,34);(H,6,7). The van der Waals surface area contributed by atoms with E-state index in [0.29, 0.717) is 36.6 Å². The van der Waals surface area contributed by atoms with Crippen molar-refractivity contribution >= 4 is 17.7 Å². The zero-order chi connectivity index (χ0) is 32.3. The molecule has 0 spiro atoms. The largest absolute Gasteiger partial charge is 0.493 e. The van der Waals surface area contributed by atoms with Crippen molar-refractivity contribution < 1.29 is 59.3 Å². The minimum atomic E-state index is -5.08. The second-order valence-electron chi connectivity index (χ2n) is 10.1. The molecule has 3 N–H and O–H groups in total. The molecule has 1 saturated carbocycles. The molecule has 4 rings (SSSR count). The van der Waals surface area contributed by atoms with Gasteiger partial charge in [0, 0.05) is 17.5 Å². The number of carboxylic acids is 1. The van der Waals surface area contributed by atoms with Crippen LogP contribution in [-0.4, -0.2) is 68.1 Å². The Hall–Kier alpha value is -3.82. The van der Waals surface area contributed by atoms with Crippen LogP contribution in [0.15, 0.2) is 30.3 Å². The van der Waals surface area contributed by atoms with Gasteiger partial charge in [-0.3, -0.25) is 0 Å². The molecule has 2 aromatic carbocycles. The summed E-state index contributed by atoms with van der Waals surface area (Å²) in [6.45, 7) is 0.729. The molecule has 0 aromatic heterocycles. The third-order valence-corrected chi connectivity index (χ3v) is 7.68. The summed E-state index contributed by atoms with van der Waals surface area (Å²) in [4.78, 5) is 23.6. The van der Waals surface area contributed by atoms with E-state index in [1.165, 1.54) is 14.2 Å². The molecule has 2 aromatic rings. The number of likely N-dealkylation sites (tertiary alicyclic amines) is 1. The van der Waals surface area contributed by atoms with Crippen molar-refractivity contribution in [2.45, 2.75) is 55.5 Å². The fourth-order valence-corrected chi connectivity index (χ4v) is 5.68. The van der Waals surface area contributed by atoms with E-state index < -0.39 is 52.7 Å². The van der Waals surface area contributed by atoms with Gasteiger partial charge in [-0.1, -0.05) is 12.1 Å². The van der Waals surface area contributed by atoms with Gasteiger partial charge in [0.1, 0.15) is 0 Å². The predicted molar refractivity (Wildman–Crippen MR) is 137 cm³/mol. The average molecular weight is 628 g/mol. The number of likely N-dealkylation sites (N-methyl/N-ethyl adjacent to an activating group) is 1. The zero-order valence-electron chi connectivity index (χ0n) is 23.1. The Morgan fingerprint density at radius 3 is 2.21 bits per heavy atom. The van der Waals surface area contributed by atoms with Crippen molar-refractivity contribution in [2.24, 2.45) is 0 Å². The molecular weight excluding hydrogens is 598 g/mol. The van der Waals surface area contributed by atoms with Crippen molar-refractivity contribution in [3.05, 3.63) is 53.1 Å². The number of aliphatic carboxylic acids is 1. The van der Waals surface area contributed by atoms with Gasteiger partial charge >= 0.3 is 24.4 Å². The lowest BCUT2D eigenvalue weighted by Gasteiger charge is -2.45. The summed E-state index contributed by atoms with van der Waals surface area (Å²) >= 11 is 0. The maximum absolute atomic E-state index is 15.6. The van der Waals surface area contributed by atoms with Crippen molar-refractivity contribution in [2.75, 3.05) is 33.1 Å². The number of alkyl halides is 6. The van der Waals surface area contributed by atoms with Gasteiger partial charge in [-0.2, -0.15) is 26.3 Å². The minimum absolute atomic E-state index is 0.0421. The van der Waals surface area contributed by atoms with E-state index in [0.717, 1.165) is 25.1 Å². The van der Waals surface area contributed by atoms with Crippen LogP contribution in [0.1, 0.15) is 36.8 Å². The number of halogens is 8. The molecule has 43 heavy (non-hydrogen) atoms. The van der Waals surface area contributed by atoms with Crippen LogP contribution in [0.5, 0.6) is 11.5 Å². The Morgan fingerprint density at radius 2 is 1.65 bits per heavy atom. The summed E-state index contributed by atoms with van der Waals surface area (Å²) in [5.74, 6) is -4.43. The van der Waals surface area contributed by atoms with Crippen molar-refractivity contribution in [1.29, 1.82) is 0 Å². The first-order chi connectivity index (χ1) is 20.0. The predicted octanol–water partition coefficient (Wildman–Crippen LogP) is 5.95. The van der Waals surface area contributed by atoms with Gasteiger partial charge in [0.15, 0.2) is 23.1 Å². The molecular formula is C27H29F8N3O5. The van der Waals surface area contributed by atoms with E-state index >= 15 is 4.39 Å². The van der Waals surface area contributed by atoms with Crippen LogP contribution in [0.4, 0.5) is 45.6 Å². The highest BCUT2D eigenvalue weighted by molar-refractivity contribution is 5.89. The Kier molecular flexibility index (Phi) is 10.0. The molecule has 2 amide bonds. The monoisotopic (exact) mass is 627 g/mol. The lowest BCUT2D eigenvalue weighted by molar-refractivity contribution is -0.192. The molecule has 2 fully saturated rings. The Balaban J connectivity index is 0.000000646. The van der Waals surface area contributed by atoms with Crippen LogP contribution in [-0.2, 0) is 16.4 Å². The van der Waals surface area contributed by atoms with Gasteiger partial charge in [-0.05, 0) is 63.0 Å². The first-order valence-corrected chi connectivity index (χ1v) is 12.8. The number of nitrogens with one attached hydrogen (secondary N) is 2. The lowest BCUT2D eigenvalue weighted by atomic mass is 9.65. The highest BCUT2D eigenvalue weighted by atomic mass is 19.4. The molecule has 238 valence electrons. The van der Waals surface area contributed by atoms with E-state index in [4.69, 9.17) is 19.4 Å². The quantitative estimate of drug-likeness (QED) is 0.355. The maximum atomic E-state index is 15.6. The molecule has 0 bridgehead atoms. The average Bonchev–Trinajstić information content (AvgIpc) is 3.25. The summed E-state index contributed by atoms with van der Waals surface area (Å²) in [5.41, 5.74) is -1.98. The number of urea groups is 1. The van der Waals surface area contributed by atoms with Crippen LogP contribution in [0.3, 0.4) is 0 Å². The number of ether oxygens (including phenoxy) is 2. The highest BCUT2D eigenvalue weighted by Crippen LogP contribution is 2.51. The molecule has 8 nitrogen and oxygen atoms in total. The number of anilines is 1. The Labute approximate surface area is 240 Å². The molecule has 1 aliphatic carbocycles. The summed E-state index contributed by atoms with van der Waals surface area (Å²) < 4.78 is 111. The third-order valence-electron chi connectivity index (χ3n) is 7.68. The van der Waals surface area contributed by atoms with Gasteiger partial charge in [-0.15, -0.1) is 0 Å². The summed E-state index contributed by atoms with van der Waals surface area (Å²) in [7, 11) is 4.76. The Morgan fingerprint density at radius 1 is 1.00 bits per heavy atom. The van der Waals surface area contributed by atoms with Crippen LogP contribution >= 0.6 is 0 Å². The number of nitrogens with zero attached hydrogens (tertiary/aromatic N) is 1. The second kappa shape index (κ2) is 12.8. The zero-order valence-corrected chi connectivity index (χ0v) is 23.1. The minimum Gasteiger partial charge on any atom is -0.493 e. The number of hydrogen-bond donors (Lipinski definition) is 3. The van der Waals surface area contributed by atoms with Crippen LogP contribution in [0, 0.1) is 11.6 Å². The van der Waals surface area contributed by atoms with Crippen LogP contribution < -0.4 is 20.1 Å². The number of amides is 2. The number of methoxy groups -OCH3 is 2. The number of rotatable bonds is 5. The summed E-state index contributed by atoms with van der Waals surface area (Å²) in [6.07, 6.45) is -7.68. The lowest BCUT2D eigenvalue weighted by Crippen LogP contribution is -2.52. The van der Waals surface area contributed by atoms with E-state index in [1.54, 1.807) is 12.1 Å². The molecule has 16 heteroatoms. The fourth-order valence-electron chi connectivity index (χ4n) is 5.68. The van der Waals surface area contributed by atoms with Crippen LogP contribution in [0.2, 0.25) is 0 Å². The molecule has 1 heterocycles. The number of hydrogen-bond acceptors (Lipinski definition) is 5. The molecule has 2 aliphatic rings. The smallest absolute Gasteiger partial charge is 0.490 e. The van der Waals surface area contributed by atoms with Crippen molar-refractivity contribution in [3.8, 4) is 11.5 Å². The van der Waals surface area contributed by atoms with Gasteiger partial charge in [0.25, 0.3) is 0 Å². The number of carbonyl (C=O) groups excluding carboxylic acids is 1. The van der Waals surface area contributed by atoms with Gasteiger partial charge in [0.2, 0.25) is 0 Å². The molecule has 3 unspecified atom stereocenters. The fraction of sp³-hybridized carbons (Fsp3) is 0.481. The summed E-state index contributed by atoms with van der Waals surface area (Å²) in [5, 5.41) is 12.1. The first kappa shape index (κ1) is 33.7. The van der Waals surface area contributed by atoms with Gasteiger partial charge in [-0.25, -0.2) is 18.4 Å². The second-order valence-corrected chi connectivity index (χ2v) is 10.1. The van der Waals surface area contributed by atoms with Crippen molar-refractivity contribution in [1.82, 2.24) is 10.2 Å². The molecule has 1 saturated heterocycles. The topological polar surface area (TPSA) is 100 Å². The van der Waals surface area contributed by atoms with E-state index in [1.807, 2.05) is 7.05 Å². The summed E-state index contributed by atoms with van der Waals surface area (Å²) in [6, 6.07) is 4.88. The SMILES string of the molecule is COc1ccc(C23CCC(NC(=O)Nc4cccc(C(F)(F)F)c4F)CC2N(C)CC3)c(F)c1OC.O=C(O)C(F)(F)F. The normalized spacial score (nSPS) is 22.1. The van der Waals surface area contributed by atoms with Crippen molar-refractivity contribution in [3.63, 3.8) is 0 Å². The molecule has 3 atom stereocenters. The Bertz CT molecular complexity index is 1340. The van der Waals surface area contributed by atoms with Crippen LogP contribution in [0.25, 0.3) is 0 Å². The van der Waals surface area contributed by atoms with Gasteiger partial charge in [0.05, 0.1) is 25.5 Å². The van der Waals surface area contributed by atoms with E-state index in [2.05, 4.69) is 15.5 Å². The first-order valence-electron chi connectivity index (χ1n) is 12.8. The number of benzene rings is 2. The highest BCUT2D eigenvalue weighted by Gasteiger charge is 2.52. The maximum Gasteiger partial charge on any atom is 0.490 e. The number of fused-ring (bicyclic) bond motifs is 1. The third kappa shape index (κ3) is 7.22.